The van der Waals surface area contributed by atoms with Gasteiger partial charge in [-0.15, -0.1) is 0 Å². The summed E-state index contributed by atoms with van der Waals surface area (Å²) in [5.74, 6) is 0. The molecule has 0 aliphatic rings. The maximum absolute atomic E-state index is 6.35. The molecular formula is C18H40OSi. The molecule has 0 amide bonds. The Labute approximate surface area is 130 Å². The van der Waals surface area contributed by atoms with Gasteiger partial charge in [0.2, 0.25) is 0 Å². The summed E-state index contributed by atoms with van der Waals surface area (Å²) in [6.45, 7) is 16.0. The molecule has 0 saturated carbocycles. The van der Waals surface area contributed by atoms with Crippen LogP contribution in [0.2, 0.25) is 18.6 Å². The smallest absolute Gasteiger partial charge is 0.190 e. The van der Waals surface area contributed by atoms with Gasteiger partial charge in [-0.05, 0) is 39.4 Å². The fourth-order valence-electron chi connectivity index (χ4n) is 2.82. The summed E-state index contributed by atoms with van der Waals surface area (Å²) >= 11 is 0. The normalized spacial score (nSPS) is 14.6. The van der Waals surface area contributed by atoms with E-state index in [1.807, 2.05) is 0 Å². The van der Waals surface area contributed by atoms with Crippen molar-refractivity contribution in [1.82, 2.24) is 0 Å². The summed E-state index contributed by atoms with van der Waals surface area (Å²) in [5, 5.41) is 0. The lowest BCUT2D eigenvalue weighted by atomic mass is 10.1. The average molecular weight is 301 g/mol. The molecule has 0 heterocycles. The molecule has 0 aromatic rings. The van der Waals surface area contributed by atoms with Crippen molar-refractivity contribution in [3.05, 3.63) is 0 Å². The first kappa shape index (κ1) is 20.2. The molecule has 0 saturated heterocycles. The van der Waals surface area contributed by atoms with Crippen molar-refractivity contribution in [2.75, 3.05) is 0 Å². The molecule has 0 bridgehead atoms. The molecule has 0 rings (SSSR count). The first-order valence-electron chi connectivity index (χ1n) is 8.89. The van der Waals surface area contributed by atoms with E-state index >= 15 is 0 Å². The van der Waals surface area contributed by atoms with Gasteiger partial charge in [-0.1, -0.05) is 71.6 Å². The highest BCUT2D eigenvalue weighted by Gasteiger charge is 2.33. The van der Waals surface area contributed by atoms with Crippen molar-refractivity contribution < 1.29 is 4.43 Å². The van der Waals surface area contributed by atoms with Crippen LogP contribution in [-0.4, -0.2) is 13.9 Å². The molecule has 1 nitrogen and oxygen atoms in total. The Kier molecular flexibility index (Phi) is 10.1. The molecule has 1 atom stereocenters. The quantitative estimate of drug-likeness (QED) is 0.297. The summed E-state index contributed by atoms with van der Waals surface area (Å²) in [6.07, 6.45) is 12.7. The second-order valence-electron chi connectivity index (χ2n) is 7.98. The standard InChI is InChI=1S/C18H40OSi/c1-8-9-10-11-12-13-14-15-16-17(2)20(6,7)19-18(3,4)5/h17H,8-16H2,1-7H3. The molecule has 0 fully saturated rings. The second-order valence-corrected chi connectivity index (χ2v) is 12.4. The summed E-state index contributed by atoms with van der Waals surface area (Å²) in [4.78, 5) is 0. The van der Waals surface area contributed by atoms with Crippen LogP contribution in [-0.2, 0) is 4.43 Å². The van der Waals surface area contributed by atoms with Gasteiger partial charge >= 0.3 is 0 Å². The van der Waals surface area contributed by atoms with E-state index < -0.39 is 8.32 Å². The molecule has 0 aromatic carbocycles. The zero-order valence-corrected chi connectivity index (χ0v) is 16.3. The second kappa shape index (κ2) is 10.00. The van der Waals surface area contributed by atoms with E-state index in [4.69, 9.17) is 4.43 Å². The van der Waals surface area contributed by atoms with Crippen molar-refractivity contribution in [3.63, 3.8) is 0 Å². The Morgan fingerprint density at radius 3 is 1.75 bits per heavy atom. The van der Waals surface area contributed by atoms with Crippen LogP contribution in [0.15, 0.2) is 0 Å². The van der Waals surface area contributed by atoms with Gasteiger partial charge in [-0.3, -0.25) is 0 Å². The van der Waals surface area contributed by atoms with Crippen molar-refractivity contribution in [3.8, 4) is 0 Å². The molecule has 122 valence electrons. The summed E-state index contributed by atoms with van der Waals surface area (Å²) in [5.41, 5.74) is 0.783. The summed E-state index contributed by atoms with van der Waals surface area (Å²) in [6, 6.07) is 0. The Bertz CT molecular complexity index is 230. The first-order chi connectivity index (χ1) is 9.19. The Hall–Kier alpha value is 0.177. The van der Waals surface area contributed by atoms with Gasteiger partial charge in [-0.25, -0.2) is 0 Å². The van der Waals surface area contributed by atoms with Crippen molar-refractivity contribution in [2.45, 2.75) is 117 Å². The van der Waals surface area contributed by atoms with E-state index in [9.17, 15) is 0 Å². The number of hydrogen-bond acceptors (Lipinski definition) is 1. The molecule has 0 N–H and O–H groups in total. The summed E-state index contributed by atoms with van der Waals surface area (Å²) < 4.78 is 6.35. The predicted octanol–water partition coefficient (Wildman–Crippen LogP) is 6.93. The van der Waals surface area contributed by atoms with E-state index in [0.717, 1.165) is 5.54 Å². The van der Waals surface area contributed by atoms with E-state index in [1.165, 1.54) is 57.8 Å². The van der Waals surface area contributed by atoms with Crippen molar-refractivity contribution >= 4 is 8.32 Å². The van der Waals surface area contributed by atoms with Gasteiger partial charge in [0.1, 0.15) is 0 Å². The van der Waals surface area contributed by atoms with Crippen LogP contribution in [0.1, 0.15) is 92.4 Å². The van der Waals surface area contributed by atoms with Crippen LogP contribution in [0.4, 0.5) is 0 Å². The van der Waals surface area contributed by atoms with Crippen LogP contribution >= 0.6 is 0 Å². The Morgan fingerprint density at radius 2 is 1.30 bits per heavy atom. The van der Waals surface area contributed by atoms with E-state index in [-0.39, 0.29) is 5.60 Å². The van der Waals surface area contributed by atoms with Gasteiger partial charge in [-0.2, -0.15) is 0 Å². The predicted molar refractivity (Wildman–Crippen MR) is 95.0 cm³/mol. The SMILES string of the molecule is CCCCCCCCCCC(C)[Si](C)(C)OC(C)(C)C. The number of unbranched alkanes of at least 4 members (excludes halogenated alkanes) is 7. The van der Waals surface area contributed by atoms with Crippen molar-refractivity contribution in [1.29, 1.82) is 0 Å². The van der Waals surface area contributed by atoms with Gasteiger partial charge in [0.25, 0.3) is 0 Å². The van der Waals surface area contributed by atoms with Crippen LogP contribution in [0.25, 0.3) is 0 Å². The largest absolute Gasteiger partial charge is 0.412 e. The highest BCUT2D eigenvalue weighted by atomic mass is 28.4. The van der Waals surface area contributed by atoms with E-state index in [1.54, 1.807) is 0 Å². The number of rotatable bonds is 11. The minimum Gasteiger partial charge on any atom is -0.412 e. The molecule has 0 radical (unpaired) electrons. The minimum atomic E-state index is -1.53. The Morgan fingerprint density at radius 1 is 0.850 bits per heavy atom. The lowest BCUT2D eigenvalue weighted by Gasteiger charge is -2.36. The monoisotopic (exact) mass is 300 g/mol. The lowest BCUT2D eigenvalue weighted by Crippen LogP contribution is -2.42. The molecule has 1 unspecified atom stereocenters. The van der Waals surface area contributed by atoms with Gasteiger partial charge in [0.05, 0.1) is 0 Å². The molecule has 20 heavy (non-hydrogen) atoms. The molecule has 0 aliphatic heterocycles. The Balaban J connectivity index is 3.69. The van der Waals surface area contributed by atoms with Crippen LogP contribution in [0, 0.1) is 0 Å². The zero-order chi connectivity index (χ0) is 15.6. The molecule has 2 heteroatoms. The number of hydrogen-bond donors (Lipinski definition) is 0. The fourth-order valence-corrected chi connectivity index (χ4v) is 5.50. The van der Waals surface area contributed by atoms with Crippen LogP contribution in [0.5, 0.6) is 0 Å². The third kappa shape index (κ3) is 10.9. The highest BCUT2D eigenvalue weighted by molar-refractivity contribution is 6.72. The third-order valence-corrected chi connectivity index (χ3v) is 8.05. The van der Waals surface area contributed by atoms with Gasteiger partial charge in [0.15, 0.2) is 8.32 Å². The topological polar surface area (TPSA) is 9.23 Å². The molecular weight excluding hydrogens is 260 g/mol. The average Bonchev–Trinajstić information content (AvgIpc) is 2.29. The van der Waals surface area contributed by atoms with E-state index in [0.29, 0.717) is 0 Å². The van der Waals surface area contributed by atoms with Gasteiger partial charge in [0, 0.05) is 5.60 Å². The van der Waals surface area contributed by atoms with Crippen LogP contribution < -0.4 is 0 Å². The maximum Gasteiger partial charge on any atom is 0.190 e. The third-order valence-electron chi connectivity index (χ3n) is 4.25. The molecule has 0 spiro atoms. The first-order valence-corrected chi connectivity index (χ1v) is 11.9. The van der Waals surface area contributed by atoms with Gasteiger partial charge < -0.3 is 4.43 Å². The fraction of sp³-hybridized carbons (Fsp3) is 1.00. The van der Waals surface area contributed by atoms with E-state index in [2.05, 4.69) is 47.7 Å². The minimum absolute atomic E-state index is 0.0171. The molecule has 0 aromatic heterocycles. The summed E-state index contributed by atoms with van der Waals surface area (Å²) in [7, 11) is -1.53. The zero-order valence-electron chi connectivity index (χ0n) is 15.3. The van der Waals surface area contributed by atoms with Crippen LogP contribution in [0.3, 0.4) is 0 Å². The maximum atomic E-state index is 6.35. The van der Waals surface area contributed by atoms with Crippen molar-refractivity contribution in [2.24, 2.45) is 0 Å². The lowest BCUT2D eigenvalue weighted by molar-refractivity contribution is 0.116. The molecule has 0 aliphatic carbocycles. The highest BCUT2D eigenvalue weighted by Crippen LogP contribution is 2.31.